The van der Waals surface area contributed by atoms with Gasteiger partial charge in [0.1, 0.15) is 6.54 Å². The predicted octanol–water partition coefficient (Wildman–Crippen LogP) is 0.845. The molecule has 0 aliphatic rings. The van der Waals surface area contributed by atoms with Crippen LogP contribution in [0, 0.1) is 0 Å². The zero-order chi connectivity index (χ0) is 12.4. The van der Waals surface area contributed by atoms with Crippen molar-refractivity contribution < 1.29 is 19.9 Å². The first kappa shape index (κ1) is 11.2. The first-order chi connectivity index (χ1) is 8.13. The Morgan fingerprint density at radius 3 is 2.65 bits per heavy atom. The molecule has 0 saturated carbocycles. The molecule has 6 heteroatoms. The number of carbonyl (C=O) groups is 2. The van der Waals surface area contributed by atoms with Crippen LogP contribution < -0.4 is 5.48 Å². The lowest BCUT2D eigenvalue weighted by atomic mass is 10.2. The summed E-state index contributed by atoms with van der Waals surface area (Å²) < 4.78 is 1.45. The monoisotopic (exact) mass is 234 g/mol. The maximum absolute atomic E-state index is 11.4. The summed E-state index contributed by atoms with van der Waals surface area (Å²) >= 11 is 0. The molecule has 6 nitrogen and oxygen atoms in total. The van der Waals surface area contributed by atoms with Crippen LogP contribution in [0.15, 0.2) is 30.5 Å². The molecule has 0 spiro atoms. The minimum atomic E-state index is -0.998. The van der Waals surface area contributed by atoms with E-state index in [1.54, 1.807) is 29.7 Å². The molecule has 0 fully saturated rings. The van der Waals surface area contributed by atoms with Crippen LogP contribution in [0.3, 0.4) is 0 Å². The summed E-state index contributed by atoms with van der Waals surface area (Å²) in [6.07, 6.45) is 1.41. The van der Waals surface area contributed by atoms with E-state index in [9.17, 15) is 9.59 Å². The van der Waals surface area contributed by atoms with Crippen LogP contribution in [0.1, 0.15) is 10.4 Å². The van der Waals surface area contributed by atoms with Crippen LogP contribution in [0.25, 0.3) is 10.9 Å². The SMILES string of the molecule is O=C(O)Cn1cc(C(=O)NO)c2ccccc21. The van der Waals surface area contributed by atoms with Gasteiger partial charge in [0.25, 0.3) is 5.91 Å². The summed E-state index contributed by atoms with van der Waals surface area (Å²) in [5.41, 5.74) is 2.41. The molecule has 2 aromatic rings. The number of aliphatic carboxylic acids is 1. The largest absolute Gasteiger partial charge is 0.480 e. The third-order valence-corrected chi connectivity index (χ3v) is 2.44. The fourth-order valence-corrected chi connectivity index (χ4v) is 1.76. The van der Waals surface area contributed by atoms with Crippen molar-refractivity contribution in [3.8, 4) is 0 Å². The van der Waals surface area contributed by atoms with E-state index < -0.39 is 11.9 Å². The molecule has 1 heterocycles. The molecule has 0 atom stereocenters. The van der Waals surface area contributed by atoms with Crippen molar-refractivity contribution >= 4 is 22.8 Å². The number of amides is 1. The number of fused-ring (bicyclic) bond motifs is 1. The Morgan fingerprint density at radius 1 is 1.29 bits per heavy atom. The van der Waals surface area contributed by atoms with Crippen molar-refractivity contribution in [1.29, 1.82) is 0 Å². The van der Waals surface area contributed by atoms with Gasteiger partial charge in [-0.15, -0.1) is 0 Å². The van der Waals surface area contributed by atoms with Gasteiger partial charge in [0.15, 0.2) is 0 Å². The summed E-state index contributed by atoms with van der Waals surface area (Å²) in [6.45, 7) is -0.237. The third-order valence-electron chi connectivity index (χ3n) is 2.44. The lowest BCUT2D eigenvalue weighted by Gasteiger charge is -1.99. The second-order valence-electron chi connectivity index (χ2n) is 3.52. The van der Waals surface area contributed by atoms with Crippen molar-refractivity contribution in [2.45, 2.75) is 6.54 Å². The summed E-state index contributed by atoms with van der Waals surface area (Å²) in [5.74, 6) is -1.66. The molecular weight excluding hydrogens is 224 g/mol. The lowest BCUT2D eigenvalue weighted by Crippen LogP contribution is -2.18. The number of hydrogen-bond donors (Lipinski definition) is 3. The van der Waals surface area contributed by atoms with Gasteiger partial charge in [0.2, 0.25) is 0 Å². The summed E-state index contributed by atoms with van der Waals surface area (Å²) in [7, 11) is 0. The topological polar surface area (TPSA) is 91.6 Å². The second kappa shape index (κ2) is 4.26. The van der Waals surface area contributed by atoms with Crippen LogP contribution >= 0.6 is 0 Å². The van der Waals surface area contributed by atoms with Gasteiger partial charge in [0.05, 0.1) is 5.56 Å². The van der Waals surface area contributed by atoms with Gasteiger partial charge in [0, 0.05) is 17.1 Å². The number of para-hydroxylation sites is 1. The van der Waals surface area contributed by atoms with Gasteiger partial charge in [-0.05, 0) is 6.07 Å². The fraction of sp³-hybridized carbons (Fsp3) is 0.0909. The standard InChI is InChI=1S/C11H10N2O4/c14-10(15)6-13-5-8(11(16)12-17)7-3-1-2-4-9(7)13/h1-5,17H,6H2,(H,12,16)(H,14,15). The van der Waals surface area contributed by atoms with E-state index in [0.29, 0.717) is 10.9 Å². The van der Waals surface area contributed by atoms with E-state index in [4.69, 9.17) is 10.3 Å². The molecule has 88 valence electrons. The van der Waals surface area contributed by atoms with E-state index in [-0.39, 0.29) is 12.1 Å². The number of carbonyl (C=O) groups excluding carboxylic acids is 1. The number of rotatable bonds is 3. The Labute approximate surface area is 96.0 Å². The molecule has 0 aliphatic heterocycles. The van der Waals surface area contributed by atoms with E-state index in [2.05, 4.69) is 0 Å². The minimum absolute atomic E-state index is 0.237. The number of nitrogens with zero attached hydrogens (tertiary/aromatic N) is 1. The highest BCUT2D eigenvalue weighted by atomic mass is 16.5. The predicted molar refractivity (Wildman–Crippen MR) is 58.8 cm³/mol. The fourth-order valence-electron chi connectivity index (χ4n) is 1.76. The average Bonchev–Trinajstić information content (AvgIpc) is 2.67. The molecule has 1 amide bonds. The Balaban J connectivity index is 2.62. The summed E-state index contributed by atoms with van der Waals surface area (Å²) in [4.78, 5) is 22.1. The van der Waals surface area contributed by atoms with Crippen molar-refractivity contribution in [2.75, 3.05) is 0 Å². The number of aromatic nitrogens is 1. The summed E-state index contributed by atoms with van der Waals surface area (Å²) in [6, 6.07) is 6.90. The van der Waals surface area contributed by atoms with Crippen LogP contribution in [-0.4, -0.2) is 26.8 Å². The van der Waals surface area contributed by atoms with E-state index in [0.717, 1.165) is 0 Å². The Bertz CT molecular complexity index is 588. The van der Waals surface area contributed by atoms with E-state index >= 15 is 0 Å². The number of benzene rings is 1. The maximum atomic E-state index is 11.4. The molecule has 0 bridgehead atoms. The number of carboxylic acid groups (broad SMARTS) is 1. The molecule has 0 saturated heterocycles. The molecule has 1 aromatic carbocycles. The second-order valence-corrected chi connectivity index (χ2v) is 3.52. The van der Waals surface area contributed by atoms with Gasteiger partial charge < -0.3 is 9.67 Å². The van der Waals surface area contributed by atoms with Crippen molar-refractivity contribution in [2.24, 2.45) is 0 Å². The van der Waals surface area contributed by atoms with Gasteiger partial charge >= 0.3 is 5.97 Å². The smallest absolute Gasteiger partial charge is 0.323 e. The highest BCUT2D eigenvalue weighted by Crippen LogP contribution is 2.21. The van der Waals surface area contributed by atoms with Crippen molar-refractivity contribution in [1.82, 2.24) is 10.0 Å². The highest BCUT2D eigenvalue weighted by molar-refractivity contribution is 6.06. The molecule has 0 radical (unpaired) electrons. The van der Waals surface area contributed by atoms with Gasteiger partial charge in [-0.2, -0.15) is 0 Å². The van der Waals surface area contributed by atoms with Gasteiger partial charge in [-0.3, -0.25) is 14.8 Å². The van der Waals surface area contributed by atoms with Crippen LogP contribution in [0.5, 0.6) is 0 Å². The molecular formula is C11H10N2O4. The number of hydrogen-bond acceptors (Lipinski definition) is 3. The quantitative estimate of drug-likeness (QED) is 0.542. The molecule has 17 heavy (non-hydrogen) atoms. The Hall–Kier alpha value is -2.34. The molecule has 2 rings (SSSR count). The minimum Gasteiger partial charge on any atom is -0.480 e. The molecule has 0 aliphatic carbocycles. The number of carboxylic acids is 1. The van der Waals surface area contributed by atoms with Crippen molar-refractivity contribution in [3.05, 3.63) is 36.0 Å². The number of hydroxylamine groups is 1. The highest BCUT2D eigenvalue weighted by Gasteiger charge is 2.15. The molecule has 3 N–H and O–H groups in total. The zero-order valence-corrected chi connectivity index (χ0v) is 8.75. The van der Waals surface area contributed by atoms with Crippen LogP contribution in [0.2, 0.25) is 0 Å². The Morgan fingerprint density at radius 2 is 2.00 bits per heavy atom. The Kier molecular flexibility index (Phi) is 2.80. The first-order valence-corrected chi connectivity index (χ1v) is 4.87. The van der Waals surface area contributed by atoms with E-state index in [1.807, 2.05) is 0 Å². The van der Waals surface area contributed by atoms with Gasteiger partial charge in [-0.1, -0.05) is 18.2 Å². The first-order valence-electron chi connectivity index (χ1n) is 4.87. The summed E-state index contributed by atoms with van der Waals surface area (Å²) in [5, 5.41) is 18.0. The third kappa shape index (κ3) is 1.98. The molecule has 1 aromatic heterocycles. The van der Waals surface area contributed by atoms with Gasteiger partial charge in [-0.25, -0.2) is 5.48 Å². The van der Waals surface area contributed by atoms with Crippen LogP contribution in [-0.2, 0) is 11.3 Å². The number of nitrogens with one attached hydrogen (secondary N) is 1. The van der Waals surface area contributed by atoms with E-state index in [1.165, 1.54) is 10.8 Å². The zero-order valence-electron chi connectivity index (χ0n) is 8.75. The average molecular weight is 234 g/mol. The van der Waals surface area contributed by atoms with Crippen LogP contribution in [0.4, 0.5) is 0 Å². The molecule has 0 unspecified atom stereocenters. The normalized spacial score (nSPS) is 10.4. The lowest BCUT2D eigenvalue weighted by molar-refractivity contribution is -0.137. The maximum Gasteiger partial charge on any atom is 0.323 e. The van der Waals surface area contributed by atoms with Crippen molar-refractivity contribution in [3.63, 3.8) is 0 Å².